The minimum atomic E-state index is -0.419. The Balaban J connectivity index is 1.50. The Morgan fingerprint density at radius 3 is 2.26 bits per heavy atom. The molecule has 0 aromatic heterocycles. The van der Waals surface area contributed by atoms with E-state index in [9.17, 15) is 14.4 Å². The van der Waals surface area contributed by atoms with Gasteiger partial charge in [-0.05, 0) is 91.4 Å². The number of nitrogens with one attached hydrogen (secondary N) is 1. The molecule has 0 bridgehead atoms. The first-order chi connectivity index (χ1) is 18.8. The Kier molecular flexibility index (Phi) is 8.11. The Morgan fingerprint density at radius 2 is 1.64 bits per heavy atom. The second-order valence-electron chi connectivity index (χ2n) is 10.2. The molecular weight excluding hydrogens is 607 g/mol. The Bertz CT molecular complexity index is 1370. The molecule has 39 heavy (non-hydrogen) atoms. The van der Waals surface area contributed by atoms with Gasteiger partial charge in [0.25, 0.3) is 5.91 Å². The number of benzene rings is 2. The van der Waals surface area contributed by atoms with E-state index in [1.165, 1.54) is 0 Å². The molecule has 0 spiro atoms. The van der Waals surface area contributed by atoms with Crippen LogP contribution in [0.5, 0.6) is 11.5 Å². The predicted molar refractivity (Wildman–Crippen MR) is 158 cm³/mol. The minimum Gasteiger partial charge on any atom is -0.490 e. The summed E-state index contributed by atoms with van der Waals surface area (Å²) in [5, 5.41) is 2.89. The molecule has 1 N–H and O–H groups in total. The van der Waals surface area contributed by atoms with Gasteiger partial charge in [0.15, 0.2) is 29.7 Å². The average molecular weight is 641 g/mol. The molecule has 0 saturated carbocycles. The number of allylic oxidation sites excluding steroid dienone is 4. The normalized spacial score (nSPS) is 17.7. The summed E-state index contributed by atoms with van der Waals surface area (Å²) in [5.74, 6) is 0.503. The molecule has 0 saturated heterocycles. The molecule has 8 heteroatoms. The lowest BCUT2D eigenvalue weighted by atomic mass is 9.71. The molecule has 7 nitrogen and oxygen atoms in total. The van der Waals surface area contributed by atoms with Crippen molar-refractivity contribution in [1.82, 2.24) is 4.90 Å². The van der Waals surface area contributed by atoms with Crippen LogP contribution in [0.15, 0.2) is 58.9 Å². The van der Waals surface area contributed by atoms with Crippen LogP contribution < -0.4 is 14.8 Å². The molecule has 2 aliphatic carbocycles. The highest BCUT2D eigenvalue weighted by Gasteiger charge is 2.42. The Morgan fingerprint density at radius 1 is 1.00 bits per heavy atom. The van der Waals surface area contributed by atoms with Gasteiger partial charge in [-0.3, -0.25) is 14.4 Å². The number of anilines is 1. The third kappa shape index (κ3) is 5.35. The number of rotatable bonds is 7. The van der Waals surface area contributed by atoms with Crippen molar-refractivity contribution in [2.24, 2.45) is 0 Å². The van der Waals surface area contributed by atoms with Crippen LogP contribution in [0.4, 0.5) is 5.69 Å². The number of hydrogen-bond acceptors (Lipinski definition) is 6. The number of Topliss-reactive ketones (excluding diaryl/α,β-unsaturated/α-hetero) is 2. The molecule has 5 rings (SSSR count). The van der Waals surface area contributed by atoms with Gasteiger partial charge in [-0.1, -0.05) is 18.2 Å². The van der Waals surface area contributed by atoms with Crippen molar-refractivity contribution in [3.63, 3.8) is 0 Å². The van der Waals surface area contributed by atoms with Crippen molar-refractivity contribution in [2.45, 2.75) is 58.3 Å². The van der Waals surface area contributed by atoms with E-state index in [0.29, 0.717) is 30.9 Å². The number of para-hydroxylation sites is 1. The molecule has 0 atom stereocenters. The van der Waals surface area contributed by atoms with Gasteiger partial charge >= 0.3 is 0 Å². The summed E-state index contributed by atoms with van der Waals surface area (Å²) in [6.45, 7) is 4.04. The number of halogens is 1. The summed E-state index contributed by atoms with van der Waals surface area (Å²) in [7, 11) is 1.99. The van der Waals surface area contributed by atoms with Gasteiger partial charge in [0.05, 0.1) is 10.2 Å². The molecule has 0 radical (unpaired) electrons. The first kappa shape index (κ1) is 27.4. The largest absolute Gasteiger partial charge is 0.490 e. The van der Waals surface area contributed by atoms with Crippen LogP contribution in [0, 0.1) is 10.5 Å². The molecule has 1 amide bonds. The number of nitrogens with zero attached hydrogens (tertiary/aromatic N) is 1. The molecule has 1 heterocycles. The summed E-state index contributed by atoms with van der Waals surface area (Å²) in [6, 6.07) is 11.4. The first-order valence-corrected chi connectivity index (χ1v) is 14.6. The van der Waals surface area contributed by atoms with Crippen molar-refractivity contribution < 1.29 is 23.9 Å². The van der Waals surface area contributed by atoms with Crippen LogP contribution in [-0.2, 0) is 14.4 Å². The SMILES string of the molecule is CCOc1cc(C2C3=C(CCCC3=O)N(C)C3=C2C(=O)CCC3)cc(I)c1OCC(=O)Nc1ccccc1C. The lowest BCUT2D eigenvalue weighted by molar-refractivity contribution is -0.118. The van der Waals surface area contributed by atoms with Gasteiger partial charge < -0.3 is 19.7 Å². The molecule has 0 fully saturated rings. The smallest absolute Gasteiger partial charge is 0.262 e. The van der Waals surface area contributed by atoms with E-state index in [2.05, 4.69) is 32.8 Å². The summed E-state index contributed by atoms with van der Waals surface area (Å²) in [5.41, 5.74) is 6.10. The van der Waals surface area contributed by atoms with E-state index in [-0.39, 0.29) is 24.1 Å². The topological polar surface area (TPSA) is 84.9 Å². The second kappa shape index (κ2) is 11.5. The average Bonchev–Trinajstić information content (AvgIpc) is 2.91. The third-order valence-electron chi connectivity index (χ3n) is 7.68. The van der Waals surface area contributed by atoms with Crippen molar-refractivity contribution in [3.05, 3.63) is 73.6 Å². The number of aryl methyl sites for hydroxylation is 1. The van der Waals surface area contributed by atoms with Crippen LogP contribution in [0.1, 0.15) is 62.5 Å². The zero-order valence-corrected chi connectivity index (χ0v) is 24.7. The summed E-state index contributed by atoms with van der Waals surface area (Å²) < 4.78 is 12.7. The van der Waals surface area contributed by atoms with Crippen LogP contribution in [-0.4, -0.2) is 42.6 Å². The standard InChI is InChI=1S/C31H33IN2O5/c1-4-38-26-16-19(15-20(32)31(26)39-17-27(37)33-21-10-6-5-9-18(21)2)28-29-22(11-7-13-24(29)35)34(3)23-12-8-14-25(36)30(23)28/h5-6,9-10,15-16,28H,4,7-8,11-14,17H2,1-3H3,(H,33,37). The number of carbonyl (C=O) groups excluding carboxylic acids is 3. The molecule has 3 aliphatic rings. The second-order valence-corrected chi connectivity index (χ2v) is 11.3. The van der Waals surface area contributed by atoms with E-state index in [1.54, 1.807) is 0 Å². The zero-order valence-electron chi connectivity index (χ0n) is 22.6. The molecule has 2 aromatic carbocycles. The third-order valence-corrected chi connectivity index (χ3v) is 8.48. The van der Waals surface area contributed by atoms with Crippen molar-refractivity contribution in [3.8, 4) is 11.5 Å². The monoisotopic (exact) mass is 640 g/mol. The fourth-order valence-corrected chi connectivity index (χ4v) is 6.66. The van der Waals surface area contributed by atoms with E-state index < -0.39 is 5.92 Å². The highest BCUT2D eigenvalue weighted by molar-refractivity contribution is 14.1. The van der Waals surface area contributed by atoms with Gasteiger partial charge in [0.1, 0.15) is 0 Å². The first-order valence-electron chi connectivity index (χ1n) is 13.5. The van der Waals surface area contributed by atoms with E-state index >= 15 is 0 Å². The Labute approximate surface area is 242 Å². The van der Waals surface area contributed by atoms with Crippen molar-refractivity contribution in [2.75, 3.05) is 25.6 Å². The molecule has 1 aliphatic heterocycles. The van der Waals surface area contributed by atoms with Crippen molar-refractivity contribution >= 4 is 45.8 Å². The van der Waals surface area contributed by atoms with Crippen LogP contribution in [0.3, 0.4) is 0 Å². The van der Waals surface area contributed by atoms with Gasteiger partial charge in [-0.25, -0.2) is 0 Å². The van der Waals surface area contributed by atoms with Gasteiger partial charge in [-0.2, -0.15) is 0 Å². The summed E-state index contributed by atoms with van der Waals surface area (Å²) in [6.07, 6.45) is 4.28. The lowest BCUT2D eigenvalue weighted by Crippen LogP contribution is -2.37. The zero-order chi connectivity index (χ0) is 27.7. The highest BCUT2D eigenvalue weighted by atomic mass is 127. The predicted octanol–water partition coefficient (Wildman–Crippen LogP) is 6.06. The fourth-order valence-electron chi connectivity index (χ4n) is 5.88. The number of hydrogen-bond donors (Lipinski definition) is 1. The van der Waals surface area contributed by atoms with Crippen LogP contribution >= 0.6 is 22.6 Å². The molecule has 0 unspecified atom stereocenters. The maximum absolute atomic E-state index is 13.3. The molecule has 2 aromatic rings. The summed E-state index contributed by atoms with van der Waals surface area (Å²) in [4.78, 5) is 41.4. The van der Waals surface area contributed by atoms with Crippen LogP contribution in [0.2, 0.25) is 0 Å². The lowest BCUT2D eigenvalue weighted by Gasteiger charge is -2.42. The highest BCUT2D eigenvalue weighted by Crippen LogP contribution is 2.50. The number of carbonyl (C=O) groups is 3. The number of ether oxygens (including phenoxy) is 2. The quantitative estimate of drug-likeness (QED) is 0.371. The van der Waals surface area contributed by atoms with E-state index in [1.807, 2.05) is 57.3 Å². The number of amides is 1. The summed E-state index contributed by atoms with van der Waals surface area (Å²) >= 11 is 2.18. The molecular formula is C31H33IN2O5. The van der Waals surface area contributed by atoms with Gasteiger partial charge in [-0.15, -0.1) is 0 Å². The van der Waals surface area contributed by atoms with Crippen LogP contribution in [0.25, 0.3) is 0 Å². The Hall–Kier alpha value is -3.14. The van der Waals surface area contributed by atoms with Gasteiger partial charge in [0.2, 0.25) is 0 Å². The van der Waals surface area contributed by atoms with E-state index in [0.717, 1.165) is 68.6 Å². The van der Waals surface area contributed by atoms with Crippen molar-refractivity contribution in [1.29, 1.82) is 0 Å². The maximum Gasteiger partial charge on any atom is 0.262 e. The number of ketones is 2. The maximum atomic E-state index is 13.3. The van der Waals surface area contributed by atoms with E-state index in [4.69, 9.17) is 9.47 Å². The fraction of sp³-hybridized carbons (Fsp3) is 0.387. The van der Waals surface area contributed by atoms with Gasteiger partial charge in [0, 0.05) is 54.0 Å². The minimum absolute atomic E-state index is 0.110. The molecule has 204 valence electrons.